The molecule has 1 saturated heterocycles. The van der Waals surface area contributed by atoms with Crippen LogP contribution in [0.15, 0.2) is 53.4 Å². The van der Waals surface area contributed by atoms with Crippen LogP contribution in [0.4, 0.5) is 4.39 Å². The third-order valence-electron chi connectivity index (χ3n) is 4.96. The van der Waals surface area contributed by atoms with Gasteiger partial charge in [-0.3, -0.25) is 4.79 Å². The number of halogens is 2. The minimum absolute atomic E-state index is 0.0956. The molecule has 144 valence electrons. The van der Waals surface area contributed by atoms with E-state index in [-0.39, 0.29) is 17.6 Å². The van der Waals surface area contributed by atoms with Crippen LogP contribution in [0.25, 0.3) is 0 Å². The van der Waals surface area contributed by atoms with E-state index in [1.165, 1.54) is 17.8 Å². The van der Waals surface area contributed by atoms with E-state index in [0.717, 1.165) is 18.4 Å². The number of thioether (sulfide) groups is 1. The highest BCUT2D eigenvalue weighted by Gasteiger charge is 2.28. The van der Waals surface area contributed by atoms with Crippen LogP contribution in [0.1, 0.15) is 30.9 Å². The second-order valence-electron chi connectivity index (χ2n) is 6.74. The summed E-state index contributed by atoms with van der Waals surface area (Å²) in [6, 6.07) is 13.9. The molecule has 3 rings (SSSR count). The van der Waals surface area contributed by atoms with E-state index in [2.05, 4.69) is 0 Å². The van der Waals surface area contributed by atoms with E-state index < -0.39 is 6.10 Å². The molecule has 2 aromatic carbocycles. The maximum atomic E-state index is 13.6. The average molecular weight is 408 g/mol. The van der Waals surface area contributed by atoms with Crippen molar-refractivity contribution in [3.8, 4) is 0 Å². The summed E-state index contributed by atoms with van der Waals surface area (Å²) in [5.41, 5.74) is 0.866. The first-order valence-electron chi connectivity index (χ1n) is 9.13. The van der Waals surface area contributed by atoms with Crippen molar-refractivity contribution in [3.63, 3.8) is 0 Å². The van der Waals surface area contributed by atoms with Gasteiger partial charge in [0.1, 0.15) is 5.82 Å². The number of amides is 1. The Morgan fingerprint density at radius 2 is 1.85 bits per heavy atom. The average Bonchev–Trinajstić information content (AvgIpc) is 2.69. The molecule has 27 heavy (non-hydrogen) atoms. The molecule has 1 fully saturated rings. The fraction of sp³-hybridized carbons (Fsp3) is 0.381. The van der Waals surface area contributed by atoms with Crippen LogP contribution >= 0.6 is 23.4 Å². The summed E-state index contributed by atoms with van der Waals surface area (Å²) in [7, 11) is 0. The zero-order chi connectivity index (χ0) is 19.2. The molecule has 1 aliphatic rings. The van der Waals surface area contributed by atoms with Gasteiger partial charge in [0.05, 0.1) is 6.10 Å². The van der Waals surface area contributed by atoms with Gasteiger partial charge in [-0.15, -0.1) is 11.8 Å². The summed E-state index contributed by atoms with van der Waals surface area (Å²) in [6.07, 6.45) is 1.41. The van der Waals surface area contributed by atoms with Crippen LogP contribution in [-0.4, -0.2) is 34.8 Å². The monoisotopic (exact) mass is 407 g/mol. The molecule has 2 aromatic rings. The van der Waals surface area contributed by atoms with Crippen molar-refractivity contribution in [3.05, 3.63) is 64.9 Å². The van der Waals surface area contributed by atoms with Gasteiger partial charge in [0.15, 0.2) is 0 Å². The van der Waals surface area contributed by atoms with Gasteiger partial charge in [-0.05, 0) is 48.6 Å². The van der Waals surface area contributed by atoms with E-state index in [1.54, 1.807) is 30.3 Å². The van der Waals surface area contributed by atoms with Crippen molar-refractivity contribution in [1.29, 1.82) is 0 Å². The normalized spacial score (nSPS) is 16.3. The molecule has 1 unspecified atom stereocenters. The lowest BCUT2D eigenvalue weighted by atomic mass is 9.87. The highest BCUT2D eigenvalue weighted by Crippen LogP contribution is 2.31. The highest BCUT2D eigenvalue weighted by molar-refractivity contribution is 7.99. The van der Waals surface area contributed by atoms with Gasteiger partial charge in [0.2, 0.25) is 5.91 Å². The summed E-state index contributed by atoms with van der Waals surface area (Å²) in [6.45, 7) is 1.30. The number of carbonyl (C=O) groups excluding carboxylic acids is 1. The number of rotatable bonds is 6. The van der Waals surface area contributed by atoms with Crippen molar-refractivity contribution < 1.29 is 14.3 Å². The number of aliphatic hydroxyl groups is 1. The molecule has 1 N–H and O–H groups in total. The Morgan fingerprint density at radius 1 is 1.19 bits per heavy atom. The van der Waals surface area contributed by atoms with Crippen LogP contribution in [0.3, 0.4) is 0 Å². The summed E-state index contributed by atoms with van der Waals surface area (Å²) < 4.78 is 13.6. The molecule has 0 radical (unpaired) electrons. The fourth-order valence-corrected chi connectivity index (χ4v) is 4.37. The standard InChI is InChI=1S/C21H23ClFNO2S/c22-17-7-5-15(6-8-17)21(26)16-9-12-24(13-10-16)20(25)11-14-27-19-4-2-1-3-18(19)23/h1-8,16,21,26H,9-14H2. The van der Waals surface area contributed by atoms with Crippen molar-refractivity contribution in [2.24, 2.45) is 5.92 Å². The first kappa shape index (κ1) is 20.2. The van der Waals surface area contributed by atoms with E-state index in [1.807, 2.05) is 17.0 Å². The molecular formula is C21H23ClFNO2S. The topological polar surface area (TPSA) is 40.5 Å². The number of benzene rings is 2. The quantitative estimate of drug-likeness (QED) is 0.690. The van der Waals surface area contributed by atoms with Crippen LogP contribution < -0.4 is 0 Å². The minimum atomic E-state index is -0.531. The molecule has 1 atom stereocenters. The molecule has 0 saturated carbocycles. The van der Waals surface area contributed by atoms with E-state index in [0.29, 0.717) is 35.2 Å². The molecule has 0 aliphatic carbocycles. The van der Waals surface area contributed by atoms with E-state index in [4.69, 9.17) is 11.6 Å². The lowest BCUT2D eigenvalue weighted by Crippen LogP contribution is -2.39. The number of piperidine rings is 1. The second-order valence-corrected chi connectivity index (χ2v) is 8.32. The lowest BCUT2D eigenvalue weighted by Gasteiger charge is -2.34. The summed E-state index contributed by atoms with van der Waals surface area (Å²) in [4.78, 5) is 14.8. The second kappa shape index (κ2) is 9.58. The molecule has 3 nitrogen and oxygen atoms in total. The van der Waals surface area contributed by atoms with Crippen molar-refractivity contribution in [1.82, 2.24) is 4.90 Å². The Morgan fingerprint density at radius 3 is 2.52 bits per heavy atom. The first-order chi connectivity index (χ1) is 13.0. The lowest BCUT2D eigenvalue weighted by molar-refractivity contribution is -0.132. The zero-order valence-corrected chi connectivity index (χ0v) is 16.6. The Kier molecular flexibility index (Phi) is 7.16. The smallest absolute Gasteiger partial charge is 0.223 e. The fourth-order valence-electron chi connectivity index (χ4n) is 3.36. The third kappa shape index (κ3) is 5.47. The number of hydrogen-bond donors (Lipinski definition) is 1. The minimum Gasteiger partial charge on any atom is -0.388 e. The van der Waals surface area contributed by atoms with Crippen molar-refractivity contribution >= 4 is 29.3 Å². The largest absolute Gasteiger partial charge is 0.388 e. The number of carbonyl (C=O) groups is 1. The molecule has 6 heteroatoms. The zero-order valence-electron chi connectivity index (χ0n) is 15.0. The van der Waals surface area contributed by atoms with Crippen molar-refractivity contribution in [2.45, 2.75) is 30.3 Å². The number of aliphatic hydroxyl groups excluding tert-OH is 1. The summed E-state index contributed by atoms with van der Waals surface area (Å²) in [5.74, 6) is 0.556. The van der Waals surface area contributed by atoms with Crippen molar-refractivity contribution in [2.75, 3.05) is 18.8 Å². The number of nitrogens with zero attached hydrogens (tertiary/aromatic N) is 1. The Labute approximate surface area is 168 Å². The third-order valence-corrected chi connectivity index (χ3v) is 6.26. The predicted octanol–water partition coefficient (Wildman–Crippen LogP) is 4.93. The Bertz CT molecular complexity index is 763. The molecule has 0 aromatic heterocycles. The van der Waals surface area contributed by atoms with Gasteiger partial charge in [-0.25, -0.2) is 4.39 Å². The molecule has 0 bridgehead atoms. The Balaban J connectivity index is 1.43. The van der Waals surface area contributed by atoms with E-state index in [9.17, 15) is 14.3 Å². The SMILES string of the molecule is O=C(CCSc1ccccc1F)N1CCC(C(O)c2ccc(Cl)cc2)CC1. The van der Waals surface area contributed by atoms with Gasteiger partial charge in [0, 0.05) is 35.2 Å². The molecule has 1 heterocycles. The maximum absolute atomic E-state index is 13.6. The highest BCUT2D eigenvalue weighted by atomic mass is 35.5. The first-order valence-corrected chi connectivity index (χ1v) is 10.5. The predicted molar refractivity (Wildman–Crippen MR) is 107 cm³/mol. The molecular weight excluding hydrogens is 385 g/mol. The summed E-state index contributed by atoms with van der Waals surface area (Å²) in [5, 5.41) is 11.2. The number of hydrogen-bond acceptors (Lipinski definition) is 3. The molecule has 1 aliphatic heterocycles. The van der Waals surface area contributed by atoms with Crippen LogP contribution in [0.5, 0.6) is 0 Å². The van der Waals surface area contributed by atoms with Crippen LogP contribution in [0.2, 0.25) is 5.02 Å². The van der Waals surface area contributed by atoms with Gasteiger partial charge >= 0.3 is 0 Å². The Hall–Kier alpha value is -1.56. The summed E-state index contributed by atoms with van der Waals surface area (Å²) >= 11 is 7.27. The van der Waals surface area contributed by atoms with Gasteiger partial charge in [-0.1, -0.05) is 35.9 Å². The van der Waals surface area contributed by atoms with Gasteiger partial charge in [-0.2, -0.15) is 0 Å². The molecule has 1 amide bonds. The van der Waals surface area contributed by atoms with Gasteiger partial charge in [0.25, 0.3) is 0 Å². The van der Waals surface area contributed by atoms with E-state index >= 15 is 0 Å². The molecule has 0 spiro atoms. The van der Waals surface area contributed by atoms with Gasteiger partial charge < -0.3 is 10.0 Å². The van der Waals surface area contributed by atoms with Crippen LogP contribution in [-0.2, 0) is 4.79 Å². The van der Waals surface area contributed by atoms with Crippen LogP contribution in [0, 0.1) is 11.7 Å². The maximum Gasteiger partial charge on any atom is 0.223 e. The number of likely N-dealkylation sites (tertiary alicyclic amines) is 1.